The second kappa shape index (κ2) is 5.23. The number of carboxylic acid groups (broad SMARTS) is 1. The molecule has 0 unspecified atom stereocenters. The molecule has 0 fully saturated rings. The first-order valence-corrected chi connectivity index (χ1v) is 6.55. The van der Waals surface area contributed by atoms with Gasteiger partial charge in [0.1, 0.15) is 0 Å². The number of fused-ring (bicyclic) bond motifs is 1. The van der Waals surface area contributed by atoms with E-state index in [-0.39, 0.29) is 6.42 Å². The summed E-state index contributed by atoms with van der Waals surface area (Å²) in [4.78, 5) is 11.9. The highest BCUT2D eigenvalue weighted by Crippen LogP contribution is 2.29. The molecule has 0 aliphatic rings. The highest BCUT2D eigenvalue weighted by atomic mass is 32.2. The maximum atomic E-state index is 10.8. The molecule has 0 amide bonds. The predicted molar refractivity (Wildman–Crippen MR) is 71.7 cm³/mol. The van der Waals surface area contributed by atoms with Gasteiger partial charge in [-0.15, -0.1) is 11.8 Å². The molecule has 3 heteroatoms. The van der Waals surface area contributed by atoms with Crippen LogP contribution in [-0.2, 0) is 11.2 Å². The molecule has 0 aliphatic heterocycles. The fourth-order valence-corrected chi connectivity index (χ4v) is 2.77. The van der Waals surface area contributed by atoms with Gasteiger partial charge in [0.2, 0.25) is 0 Å². The summed E-state index contributed by atoms with van der Waals surface area (Å²) in [6.07, 6.45) is 0.0854. The Morgan fingerprint density at radius 1 is 1.29 bits per heavy atom. The van der Waals surface area contributed by atoms with Gasteiger partial charge in [0, 0.05) is 4.90 Å². The van der Waals surface area contributed by atoms with E-state index in [2.05, 4.69) is 13.0 Å². The van der Waals surface area contributed by atoms with Crippen molar-refractivity contribution in [1.82, 2.24) is 0 Å². The molecule has 1 N–H and O–H groups in total. The zero-order valence-corrected chi connectivity index (χ0v) is 10.5. The smallest absolute Gasteiger partial charge is 0.307 e. The van der Waals surface area contributed by atoms with E-state index in [9.17, 15) is 4.79 Å². The lowest BCUT2D eigenvalue weighted by Crippen LogP contribution is -2.00. The molecule has 0 bridgehead atoms. The van der Waals surface area contributed by atoms with Gasteiger partial charge >= 0.3 is 5.97 Å². The van der Waals surface area contributed by atoms with Crippen molar-refractivity contribution in [3.8, 4) is 0 Å². The molecule has 0 saturated carbocycles. The Labute approximate surface area is 105 Å². The summed E-state index contributed by atoms with van der Waals surface area (Å²) in [5.74, 6) is 0.202. The third kappa shape index (κ3) is 2.80. The molecule has 2 rings (SSSR count). The van der Waals surface area contributed by atoms with Gasteiger partial charge in [0.15, 0.2) is 0 Å². The Morgan fingerprint density at radius 2 is 2.06 bits per heavy atom. The lowest BCUT2D eigenvalue weighted by atomic mass is 10.1. The summed E-state index contributed by atoms with van der Waals surface area (Å²) in [7, 11) is 0. The molecule has 88 valence electrons. The summed E-state index contributed by atoms with van der Waals surface area (Å²) < 4.78 is 0. The van der Waals surface area contributed by atoms with Gasteiger partial charge in [-0.1, -0.05) is 37.3 Å². The van der Waals surface area contributed by atoms with Gasteiger partial charge < -0.3 is 5.11 Å². The van der Waals surface area contributed by atoms with Gasteiger partial charge in [-0.2, -0.15) is 0 Å². The average molecular weight is 246 g/mol. The van der Waals surface area contributed by atoms with Gasteiger partial charge in [-0.25, -0.2) is 0 Å². The van der Waals surface area contributed by atoms with Crippen molar-refractivity contribution >= 4 is 28.5 Å². The zero-order chi connectivity index (χ0) is 12.3. The van der Waals surface area contributed by atoms with Crippen LogP contribution in [0.1, 0.15) is 12.5 Å². The molecule has 0 aliphatic carbocycles. The lowest BCUT2D eigenvalue weighted by molar-refractivity contribution is -0.136. The minimum atomic E-state index is -0.785. The van der Waals surface area contributed by atoms with Crippen molar-refractivity contribution < 1.29 is 9.90 Å². The summed E-state index contributed by atoms with van der Waals surface area (Å²) in [5, 5.41) is 11.2. The van der Waals surface area contributed by atoms with Crippen molar-refractivity contribution in [3.63, 3.8) is 0 Å². The van der Waals surface area contributed by atoms with E-state index in [1.54, 1.807) is 11.8 Å². The predicted octanol–water partition coefficient (Wildman–Crippen LogP) is 3.58. The second-order valence-electron chi connectivity index (χ2n) is 3.82. The Bertz CT molecular complexity index is 549. The van der Waals surface area contributed by atoms with Crippen LogP contribution in [0.4, 0.5) is 0 Å². The summed E-state index contributed by atoms with van der Waals surface area (Å²) in [6, 6.07) is 12.1. The fourth-order valence-electron chi connectivity index (χ4n) is 1.89. The molecule has 2 aromatic carbocycles. The molecule has 0 aromatic heterocycles. The van der Waals surface area contributed by atoms with Gasteiger partial charge in [-0.3, -0.25) is 4.79 Å². The van der Waals surface area contributed by atoms with Crippen LogP contribution in [0.2, 0.25) is 0 Å². The minimum Gasteiger partial charge on any atom is -0.481 e. The van der Waals surface area contributed by atoms with E-state index in [0.717, 1.165) is 16.7 Å². The first kappa shape index (κ1) is 12.0. The first-order valence-electron chi connectivity index (χ1n) is 5.57. The molecule has 0 spiro atoms. The van der Waals surface area contributed by atoms with Crippen LogP contribution in [0, 0.1) is 0 Å². The molecule has 0 radical (unpaired) electrons. The molecule has 2 aromatic rings. The Hall–Kier alpha value is -1.48. The number of benzene rings is 2. The summed E-state index contributed by atoms with van der Waals surface area (Å²) in [6.45, 7) is 2.10. The van der Waals surface area contributed by atoms with Crippen LogP contribution in [0.25, 0.3) is 10.8 Å². The van der Waals surface area contributed by atoms with Crippen LogP contribution in [0.15, 0.2) is 41.3 Å². The monoisotopic (exact) mass is 246 g/mol. The minimum absolute atomic E-state index is 0.0854. The lowest BCUT2D eigenvalue weighted by Gasteiger charge is -2.08. The van der Waals surface area contributed by atoms with E-state index >= 15 is 0 Å². The van der Waals surface area contributed by atoms with Gasteiger partial charge in [0.25, 0.3) is 0 Å². The van der Waals surface area contributed by atoms with E-state index in [0.29, 0.717) is 0 Å². The number of carbonyl (C=O) groups is 1. The largest absolute Gasteiger partial charge is 0.481 e. The zero-order valence-electron chi connectivity index (χ0n) is 9.64. The van der Waals surface area contributed by atoms with Crippen LogP contribution in [0.3, 0.4) is 0 Å². The SMILES string of the molecule is CCSc1cc(CC(=O)O)cc2ccccc12. The number of aliphatic carboxylic acids is 1. The molecular formula is C14H14O2S. The Kier molecular flexibility index (Phi) is 3.69. The quantitative estimate of drug-likeness (QED) is 0.838. The summed E-state index contributed by atoms with van der Waals surface area (Å²) >= 11 is 1.75. The third-order valence-corrected chi connectivity index (χ3v) is 3.48. The molecule has 0 saturated heterocycles. The Balaban J connectivity index is 2.54. The number of thioether (sulfide) groups is 1. The van der Waals surface area contributed by atoms with Gasteiger partial charge in [-0.05, 0) is 28.2 Å². The number of hydrogen-bond acceptors (Lipinski definition) is 2. The maximum Gasteiger partial charge on any atom is 0.307 e. The van der Waals surface area contributed by atoms with Crippen LogP contribution in [-0.4, -0.2) is 16.8 Å². The van der Waals surface area contributed by atoms with Crippen molar-refractivity contribution in [2.75, 3.05) is 5.75 Å². The highest BCUT2D eigenvalue weighted by Gasteiger charge is 2.06. The number of carboxylic acids is 1. The molecule has 0 heterocycles. The standard InChI is InChI=1S/C14H14O2S/c1-2-17-13-8-10(9-14(15)16)7-11-5-3-4-6-12(11)13/h3-8H,2,9H2,1H3,(H,15,16). The molecule has 2 nitrogen and oxygen atoms in total. The maximum absolute atomic E-state index is 10.8. The third-order valence-electron chi connectivity index (χ3n) is 2.54. The van der Waals surface area contributed by atoms with Crippen LogP contribution >= 0.6 is 11.8 Å². The Morgan fingerprint density at radius 3 is 2.76 bits per heavy atom. The topological polar surface area (TPSA) is 37.3 Å². The fraction of sp³-hybridized carbons (Fsp3) is 0.214. The van der Waals surface area contributed by atoms with Crippen molar-refractivity contribution in [2.45, 2.75) is 18.2 Å². The van der Waals surface area contributed by atoms with Crippen molar-refractivity contribution in [3.05, 3.63) is 42.0 Å². The highest BCUT2D eigenvalue weighted by molar-refractivity contribution is 7.99. The van der Waals surface area contributed by atoms with E-state index in [1.165, 1.54) is 10.3 Å². The normalized spacial score (nSPS) is 10.6. The number of rotatable bonds is 4. The van der Waals surface area contributed by atoms with Crippen LogP contribution < -0.4 is 0 Å². The first-order chi connectivity index (χ1) is 8.20. The average Bonchev–Trinajstić information content (AvgIpc) is 2.28. The van der Waals surface area contributed by atoms with E-state index < -0.39 is 5.97 Å². The van der Waals surface area contributed by atoms with Crippen LogP contribution in [0.5, 0.6) is 0 Å². The molecule has 17 heavy (non-hydrogen) atoms. The summed E-state index contributed by atoms with van der Waals surface area (Å²) in [5.41, 5.74) is 0.868. The number of hydrogen-bond donors (Lipinski definition) is 1. The molecular weight excluding hydrogens is 232 g/mol. The van der Waals surface area contributed by atoms with Crippen molar-refractivity contribution in [1.29, 1.82) is 0 Å². The van der Waals surface area contributed by atoms with Gasteiger partial charge in [0.05, 0.1) is 6.42 Å². The van der Waals surface area contributed by atoms with E-state index in [1.807, 2.05) is 30.3 Å². The van der Waals surface area contributed by atoms with Crippen molar-refractivity contribution in [2.24, 2.45) is 0 Å². The second-order valence-corrected chi connectivity index (χ2v) is 5.12. The van der Waals surface area contributed by atoms with E-state index in [4.69, 9.17) is 5.11 Å². The molecule has 0 atom stereocenters.